The van der Waals surface area contributed by atoms with E-state index in [4.69, 9.17) is 14.2 Å². The van der Waals surface area contributed by atoms with Gasteiger partial charge in [-0.3, -0.25) is 0 Å². The van der Waals surface area contributed by atoms with Crippen LogP contribution in [-0.2, 0) is 10.7 Å². The van der Waals surface area contributed by atoms with Crippen molar-refractivity contribution in [1.82, 2.24) is 9.97 Å². The second kappa shape index (κ2) is 11.1. The number of fused-ring (bicyclic) bond motifs is 1. The van der Waals surface area contributed by atoms with E-state index in [1.165, 1.54) is 12.1 Å². The molecule has 2 N–H and O–H groups in total. The number of aryl methyl sites for hydroxylation is 1. The highest BCUT2D eigenvalue weighted by atomic mass is 19.3. The zero-order valence-electron chi connectivity index (χ0n) is 22.2. The smallest absolute Gasteiger partial charge is 0.303 e. The molecule has 1 atom stereocenters. The van der Waals surface area contributed by atoms with Crippen LogP contribution in [0.1, 0.15) is 57.6 Å². The molecule has 0 fully saturated rings. The highest BCUT2D eigenvalue weighted by molar-refractivity contribution is 5.92. The molecule has 0 saturated heterocycles. The molecule has 0 saturated carbocycles. The van der Waals surface area contributed by atoms with Crippen molar-refractivity contribution in [3.63, 3.8) is 0 Å². The fraction of sp³-hybridized carbons (Fsp3) is 0.481. The van der Waals surface area contributed by atoms with Gasteiger partial charge >= 0.3 is 5.92 Å². The fourth-order valence-electron chi connectivity index (χ4n) is 3.80. The summed E-state index contributed by atoms with van der Waals surface area (Å²) in [5.41, 5.74) is -2.75. The van der Waals surface area contributed by atoms with Gasteiger partial charge in [0.15, 0.2) is 11.5 Å². The van der Waals surface area contributed by atoms with Crippen LogP contribution in [0.2, 0.25) is 0 Å². The SMILES string of the molecule is COCCOc1cc2c(N[C@H](C)c3cccc(C(F)(F)C(C)(C)O)c3F)nc(C)nc2cc1OC(C)C. The first kappa shape index (κ1) is 28.5. The van der Waals surface area contributed by atoms with Gasteiger partial charge in [-0.2, -0.15) is 8.78 Å². The largest absolute Gasteiger partial charge is 0.487 e. The van der Waals surface area contributed by atoms with Crippen LogP contribution < -0.4 is 14.8 Å². The van der Waals surface area contributed by atoms with Crippen molar-refractivity contribution in [3.8, 4) is 11.5 Å². The molecule has 37 heavy (non-hydrogen) atoms. The van der Waals surface area contributed by atoms with E-state index in [1.807, 2.05) is 13.8 Å². The highest BCUT2D eigenvalue weighted by Gasteiger charge is 2.49. The Hall–Kier alpha value is -3.11. The Morgan fingerprint density at radius 2 is 1.76 bits per heavy atom. The Morgan fingerprint density at radius 1 is 1.05 bits per heavy atom. The number of ether oxygens (including phenoxy) is 3. The number of benzene rings is 2. The molecule has 0 spiro atoms. The molecule has 7 nitrogen and oxygen atoms in total. The topological polar surface area (TPSA) is 85.7 Å². The van der Waals surface area contributed by atoms with Crippen molar-refractivity contribution < 1.29 is 32.5 Å². The van der Waals surface area contributed by atoms with E-state index in [2.05, 4.69) is 15.3 Å². The van der Waals surface area contributed by atoms with Crippen LogP contribution in [0.3, 0.4) is 0 Å². The van der Waals surface area contributed by atoms with Gasteiger partial charge in [0, 0.05) is 24.1 Å². The van der Waals surface area contributed by atoms with Crippen LogP contribution in [-0.4, -0.2) is 47.1 Å². The minimum atomic E-state index is -3.80. The molecule has 3 aromatic rings. The van der Waals surface area contributed by atoms with Crippen LogP contribution in [0.25, 0.3) is 10.9 Å². The summed E-state index contributed by atoms with van der Waals surface area (Å²) in [6.45, 7) is 9.69. The number of rotatable bonds is 11. The summed E-state index contributed by atoms with van der Waals surface area (Å²) in [7, 11) is 1.57. The molecule has 1 heterocycles. The molecule has 2 aromatic carbocycles. The lowest BCUT2D eigenvalue weighted by molar-refractivity contribution is -0.170. The third-order valence-corrected chi connectivity index (χ3v) is 5.74. The summed E-state index contributed by atoms with van der Waals surface area (Å²) in [4.78, 5) is 8.98. The van der Waals surface area contributed by atoms with Crippen molar-refractivity contribution in [2.45, 2.75) is 65.2 Å². The Balaban J connectivity index is 2.05. The summed E-state index contributed by atoms with van der Waals surface area (Å²) in [5, 5.41) is 13.7. The van der Waals surface area contributed by atoms with Crippen molar-refractivity contribution >= 4 is 16.7 Å². The van der Waals surface area contributed by atoms with E-state index in [0.29, 0.717) is 40.7 Å². The maximum atomic E-state index is 15.3. The summed E-state index contributed by atoms with van der Waals surface area (Å²) in [6, 6.07) is 6.46. The van der Waals surface area contributed by atoms with Gasteiger partial charge in [-0.25, -0.2) is 14.4 Å². The normalized spacial score (nSPS) is 13.2. The minimum Gasteiger partial charge on any atom is -0.487 e. The lowest BCUT2D eigenvalue weighted by Crippen LogP contribution is -2.41. The van der Waals surface area contributed by atoms with Gasteiger partial charge in [0.25, 0.3) is 0 Å². The number of halogens is 3. The molecular formula is C27H34F3N3O4. The first-order chi connectivity index (χ1) is 17.3. The number of aromatic nitrogens is 2. The van der Waals surface area contributed by atoms with Crippen LogP contribution in [0.5, 0.6) is 11.5 Å². The number of hydrogen-bond donors (Lipinski definition) is 2. The second-order valence-electron chi connectivity index (χ2n) is 9.65. The molecule has 1 aromatic heterocycles. The summed E-state index contributed by atoms with van der Waals surface area (Å²) >= 11 is 0. The first-order valence-corrected chi connectivity index (χ1v) is 12.0. The number of nitrogens with zero attached hydrogens (tertiary/aromatic N) is 2. The van der Waals surface area contributed by atoms with Crippen LogP contribution >= 0.6 is 0 Å². The van der Waals surface area contributed by atoms with Crippen LogP contribution in [0.15, 0.2) is 30.3 Å². The molecule has 10 heteroatoms. The zero-order valence-corrected chi connectivity index (χ0v) is 22.2. The monoisotopic (exact) mass is 521 g/mol. The Kier molecular flexibility index (Phi) is 8.54. The van der Waals surface area contributed by atoms with Crippen LogP contribution in [0.4, 0.5) is 19.0 Å². The third kappa shape index (κ3) is 6.24. The number of hydrogen-bond acceptors (Lipinski definition) is 7. The molecule has 0 unspecified atom stereocenters. The average molecular weight is 522 g/mol. The zero-order chi connectivity index (χ0) is 27.5. The van der Waals surface area contributed by atoms with Crippen molar-refractivity contribution in [1.29, 1.82) is 0 Å². The summed E-state index contributed by atoms with van der Waals surface area (Å²) in [6.07, 6.45) is -0.111. The molecule has 0 bridgehead atoms. The minimum absolute atomic E-state index is 0.00201. The highest BCUT2D eigenvalue weighted by Crippen LogP contribution is 2.42. The van der Waals surface area contributed by atoms with Crippen LogP contribution in [0, 0.1) is 12.7 Å². The number of alkyl halides is 2. The van der Waals surface area contributed by atoms with Gasteiger partial charge in [0.2, 0.25) is 0 Å². The Labute approximate surface area is 215 Å². The molecular weight excluding hydrogens is 487 g/mol. The molecule has 0 amide bonds. The maximum Gasteiger partial charge on any atom is 0.303 e. The van der Waals surface area contributed by atoms with Crippen molar-refractivity contribution in [2.75, 3.05) is 25.6 Å². The predicted octanol–water partition coefficient (Wildman–Crippen LogP) is 5.93. The molecule has 0 aliphatic carbocycles. The Morgan fingerprint density at radius 3 is 2.38 bits per heavy atom. The summed E-state index contributed by atoms with van der Waals surface area (Å²) in [5.74, 6) is -3.11. The predicted molar refractivity (Wildman–Crippen MR) is 136 cm³/mol. The summed E-state index contributed by atoms with van der Waals surface area (Å²) < 4.78 is 61.8. The van der Waals surface area contributed by atoms with E-state index < -0.39 is 28.9 Å². The van der Waals surface area contributed by atoms with Gasteiger partial charge in [0.05, 0.1) is 29.8 Å². The first-order valence-electron chi connectivity index (χ1n) is 12.0. The number of anilines is 1. The van der Waals surface area contributed by atoms with E-state index in [0.717, 1.165) is 19.9 Å². The van der Waals surface area contributed by atoms with E-state index in [-0.39, 0.29) is 18.3 Å². The lowest BCUT2D eigenvalue weighted by atomic mass is 9.91. The van der Waals surface area contributed by atoms with Gasteiger partial charge in [0.1, 0.15) is 29.7 Å². The van der Waals surface area contributed by atoms with Crippen molar-refractivity contribution in [2.24, 2.45) is 0 Å². The van der Waals surface area contributed by atoms with Gasteiger partial charge in [-0.05, 0) is 53.7 Å². The quantitative estimate of drug-likeness (QED) is 0.303. The van der Waals surface area contributed by atoms with E-state index in [1.54, 1.807) is 33.1 Å². The van der Waals surface area contributed by atoms with Gasteiger partial charge in [-0.15, -0.1) is 0 Å². The maximum absolute atomic E-state index is 15.3. The Bertz CT molecular complexity index is 1250. The molecule has 3 rings (SSSR count). The van der Waals surface area contributed by atoms with Gasteiger partial charge < -0.3 is 24.6 Å². The van der Waals surface area contributed by atoms with E-state index >= 15 is 4.39 Å². The molecule has 202 valence electrons. The molecule has 0 radical (unpaired) electrons. The number of aliphatic hydroxyl groups is 1. The second-order valence-corrected chi connectivity index (χ2v) is 9.65. The van der Waals surface area contributed by atoms with Crippen molar-refractivity contribution in [3.05, 3.63) is 53.1 Å². The molecule has 0 aliphatic heterocycles. The standard InChI is InChI=1S/C27H34F3N3O4/c1-15(2)37-23-14-21-19(13-22(23)36-12-11-35-7)25(33-17(4)32-21)31-16(3)18-9-8-10-20(24(18)28)27(29,30)26(5,6)34/h8-10,13-16,34H,11-12H2,1-7H3,(H,31,32,33)/t16-/m1/s1. The van der Waals surface area contributed by atoms with Gasteiger partial charge in [-0.1, -0.05) is 12.1 Å². The average Bonchev–Trinajstić information content (AvgIpc) is 2.78. The lowest BCUT2D eigenvalue weighted by Gasteiger charge is -2.30. The number of nitrogens with one attached hydrogen (secondary N) is 1. The number of methoxy groups -OCH3 is 1. The van der Waals surface area contributed by atoms with E-state index in [9.17, 15) is 13.9 Å². The fourth-order valence-corrected chi connectivity index (χ4v) is 3.80. The third-order valence-electron chi connectivity index (χ3n) is 5.74. The molecule has 0 aliphatic rings.